The Kier molecular flexibility index (Phi) is 3.86. The van der Waals surface area contributed by atoms with Crippen molar-refractivity contribution in [3.05, 3.63) is 76.6 Å². The maximum Gasteiger partial charge on any atom is 0.272 e. The molecule has 0 unspecified atom stereocenters. The lowest BCUT2D eigenvalue weighted by Gasteiger charge is -2.07. The lowest BCUT2D eigenvalue weighted by molar-refractivity contribution is 0.0979. The van der Waals surface area contributed by atoms with Crippen LogP contribution in [0.1, 0.15) is 10.4 Å². The van der Waals surface area contributed by atoms with E-state index in [0.717, 1.165) is 34.9 Å². The first-order valence-electron chi connectivity index (χ1n) is 6.67. The van der Waals surface area contributed by atoms with Gasteiger partial charge in [0.2, 0.25) is 0 Å². The van der Waals surface area contributed by atoms with Gasteiger partial charge in [0.15, 0.2) is 0 Å². The summed E-state index contributed by atoms with van der Waals surface area (Å²) in [5.41, 5.74) is -0.808. The van der Waals surface area contributed by atoms with Crippen molar-refractivity contribution in [3.63, 3.8) is 0 Å². The average Bonchev–Trinajstić information content (AvgIpc) is 2.55. The fraction of sp³-hybridized carbons (Fsp3) is 0. The van der Waals surface area contributed by atoms with E-state index < -0.39 is 32.9 Å². The Balaban J connectivity index is 1.97. The van der Waals surface area contributed by atoms with E-state index in [0.29, 0.717) is 5.65 Å². The van der Waals surface area contributed by atoms with E-state index in [9.17, 15) is 22.4 Å². The minimum atomic E-state index is -4.24. The van der Waals surface area contributed by atoms with Gasteiger partial charge in [-0.25, -0.2) is 22.5 Å². The molecule has 1 N–H and O–H groups in total. The van der Waals surface area contributed by atoms with Crippen LogP contribution in [0.2, 0.25) is 0 Å². The molecule has 7 nitrogen and oxygen atoms in total. The van der Waals surface area contributed by atoms with E-state index in [1.807, 2.05) is 0 Å². The number of sulfonamides is 1. The van der Waals surface area contributed by atoms with Gasteiger partial charge in [0, 0.05) is 12.4 Å². The number of halogens is 1. The maximum atomic E-state index is 12.9. The van der Waals surface area contributed by atoms with Crippen LogP contribution < -0.4 is 10.3 Å². The number of nitrogens with zero attached hydrogens (tertiary/aromatic N) is 2. The summed E-state index contributed by atoms with van der Waals surface area (Å²) in [7, 11) is -4.24. The number of hydrogen-bond acceptors (Lipinski definition) is 5. The third-order valence-electron chi connectivity index (χ3n) is 3.21. The van der Waals surface area contributed by atoms with Gasteiger partial charge in [0.05, 0.1) is 4.90 Å². The molecule has 1 amide bonds. The Morgan fingerprint density at radius 3 is 2.54 bits per heavy atom. The molecular weight excluding hydrogens is 337 g/mol. The molecule has 9 heteroatoms. The highest BCUT2D eigenvalue weighted by atomic mass is 32.2. The van der Waals surface area contributed by atoms with Crippen molar-refractivity contribution in [1.29, 1.82) is 0 Å². The summed E-state index contributed by atoms with van der Waals surface area (Å²) in [6, 6.07) is 8.73. The number of hydrogen-bond donors (Lipinski definition) is 1. The summed E-state index contributed by atoms with van der Waals surface area (Å²) in [5.74, 6) is -1.73. The third-order valence-corrected chi connectivity index (χ3v) is 4.56. The zero-order valence-electron chi connectivity index (χ0n) is 12.0. The van der Waals surface area contributed by atoms with Crippen molar-refractivity contribution in [2.75, 3.05) is 0 Å². The Morgan fingerprint density at radius 2 is 1.83 bits per heavy atom. The van der Waals surface area contributed by atoms with Crippen LogP contribution in [0.15, 0.2) is 64.5 Å². The van der Waals surface area contributed by atoms with E-state index in [4.69, 9.17) is 0 Å². The van der Waals surface area contributed by atoms with Gasteiger partial charge in [-0.15, -0.1) is 0 Å². The molecule has 24 heavy (non-hydrogen) atoms. The molecule has 0 aliphatic carbocycles. The van der Waals surface area contributed by atoms with Crippen molar-refractivity contribution < 1.29 is 17.6 Å². The fourth-order valence-electron chi connectivity index (χ4n) is 2.03. The molecule has 0 saturated heterocycles. The van der Waals surface area contributed by atoms with E-state index in [2.05, 4.69) is 4.98 Å². The Morgan fingerprint density at radius 1 is 1.12 bits per heavy atom. The minimum absolute atomic E-state index is 0.300. The number of aromatic nitrogens is 2. The predicted octanol–water partition coefficient (Wildman–Crippen LogP) is 0.952. The van der Waals surface area contributed by atoms with Gasteiger partial charge < -0.3 is 0 Å². The van der Waals surface area contributed by atoms with E-state index >= 15 is 0 Å². The zero-order valence-corrected chi connectivity index (χ0v) is 12.8. The van der Waals surface area contributed by atoms with Crippen molar-refractivity contribution in [3.8, 4) is 0 Å². The van der Waals surface area contributed by atoms with Gasteiger partial charge >= 0.3 is 0 Å². The Hall–Kier alpha value is -3.07. The smallest absolute Gasteiger partial charge is 0.268 e. The quantitative estimate of drug-likeness (QED) is 0.761. The molecule has 0 saturated carbocycles. The first kappa shape index (κ1) is 15.8. The third kappa shape index (κ3) is 2.88. The topological polar surface area (TPSA) is 97.6 Å². The summed E-state index contributed by atoms with van der Waals surface area (Å²) in [6.07, 6.45) is 2.42. The molecule has 0 fully saturated rings. The minimum Gasteiger partial charge on any atom is -0.268 e. The molecule has 2 aromatic heterocycles. The van der Waals surface area contributed by atoms with Crippen LogP contribution in [0.25, 0.3) is 5.65 Å². The van der Waals surface area contributed by atoms with Gasteiger partial charge in [-0.1, -0.05) is 6.07 Å². The van der Waals surface area contributed by atoms with Crippen molar-refractivity contribution in [1.82, 2.24) is 14.1 Å². The second-order valence-electron chi connectivity index (χ2n) is 4.79. The molecule has 0 radical (unpaired) electrons. The van der Waals surface area contributed by atoms with Gasteiger partial charge in [-0.05, 0) is 36.4 Å². The largest absolute Gasteiger partial charge is 0.272 e. The van der Waals surface area contributed by atoms with Crippen LogP contribution in [0.5, 0.6) is 0 Å². The van der Waals surface area contributed by atoms with Crippen molar-refractivity contribution in [2.45, 2.75) is 4.90 Å². The highest BCUT2D eigenvalue weighted by Gasteiger charge is 2.21. The summed E-state index contributed by atoms with van der Waals surface area (Å²) in [6.45, 7) is 0. The Labute approximate surface area is 135 Å². The number of pyridine rings is 1. The number of nitrogens with one attached hydrogen (secondary N) is 1. The van der Waals surface area contributed by atoms with Gasteiger partial charge in [0.25, 0.3) is 21.5 Å². The van der Waals surface area contributed by atoms with Crippen LogP contribution >= 0.6 is 0 Å². The monoisotopic (exact) mass is 347 g/mol. The summed E-state index contributed by atoms with van der Waals surface area (Å²) in [5, 5.41) is 0. The van der Waals surface area contributed by atoms with Crippen molar-refractivity contribution >= 4 is 21.6 Å². The molecule has 0 aliphatic rings. The van der Waals surface area contributed by atoms with Crippen LogP contribution in [0.4, 0.5) is 4.39 Å². The first-order chi connectivity index (χ1) is 11.4. The van der Waals surface area contributed by atoms with Gasteiger partial charge in [-0.3, -0.25) is 14.0 Å². The lowest BCUT2D eigenvalue weighted by Crippen LogP contribution is -2.35. The predicted molar refractivity (Wildman–Crippen MR) is 82.5 cm³/mol. The highest BCUT2D eigenvalue weighted by Crippen LogP contribution is 2.10. The van der Waals surface area contributed by atoms with Crippen LogP contribution in [0.3, 0.4) is 0 Å². The van der Waals surface area contributed by atoms with E-state index in [-0.39, 0.29) is 4.90 Å². The maximum absolute atomic E-state index is 12.9. The van der Waals surface area contributed by atoms with E-state index in [1.54, 1.807) is 22.9 Å². The number of carbonyl (C=O) groups is 1. The molecular formula is C15H10FN3O4S. The fourth-order valence-corrected chi connectivity index (χ4v) is 3.00. The summed E-state index contributed by atoms with van der Waals surface area (Å²) in [4.78, 5) is 28.0. The number of benzene rings is 1. The Bertz CT molecular complexity index is 1090. The number of carbonyl (C=O) groups excluding carboxylic acids is 1. The van der Waals surface area contributed by atoms with Crippen LogP contribution in [-0.2, 0) is 10.0 Å². The summed E-state index contributed by atoms with van der Waals surface area (Å²) >= 11 is 0. The number of rotatable bonds is 3. The lowest BCUT2D eigenvalue weighted by atomic mass is 10.3. The van der Waals surface area contributed by atoms with E-state index in [1.165, 1.54) is 6.20 Å². The SMILES string of the molecule is O=C(NS(=O)(=O)c1ccc(F)cc1)c1cnc2ccccn2c1=O. The standard InChI is InChI=1S/C15H10FN3O4S/c16-10-4-6-11(7-5-10)24(22,23)18-14(20)12-9-17-13-3-1-2-8-19(13)15(12)21/h1-9H,(H,18,20). The second kappa shape index (κ2) is 5.85. The first-order valence-corrected chi connectivity index (χ1v) is 8.16. The molecule has 3 rings (SSSR count). The molecule has 122 valence electrons. The molecule has 1 aromatic carbocycles. The second-order valence-corrected chi connectivity index (χ2v) is 6.48. The number of fused-ring (bicyclic) bond motifs is 1. The zero-order chi connectivity index (χ0) is 17.3. The normalized spacial score (nSPS) is 11.4. The highest BCUT2D eigenvalue weighted by molar-refractivity contribution is 7.90. The molecule has 0 spiro atoms. The average molecular weight is 347 g/mol. The molecule has 2 heterocycles. The van der Waals surface area contributed by atoms with Crippen molar-refractivity contribution in [2.24, 2.45) is 0 Å². The van der Waals surface area contributed by atoms with Gasteiger partial charge in [0.1, 0.15) is 17.0 Å². The molecule has 3 aromatic rings. The van der Waals surface area contributed by atoms with Crippen LogP contribution in [0, 0.1) is 5.82 Å². The number of amides is 1. The summed E-state index contributed by atoms with van der Waals surface area (Å²) < 4.78 is 40.0. The molecule has 0 aliphatic heterocycles. The van der Waals surface area contributed by atoms with Crippen LogP contribution in [-0.4, -0.2) is 23.7 Å². The van der Waals surface area contributed by atoms with Gasteiger partial charge in [-0.2, -0.15) is 0 Å². The molecule has 0 atom stereocenters. The molecule has 0 bridgehead atoms.